The maximum atomic E-state index is 3.78. The van der Waals surface area contributed by atoms with E-state index in [9.17, 15) is 0 Å². The fourth-order valence-corrected chi connectivity index (χ4v) is 1.44. The molecule has 0 aliphatic heterocycles. The van der Waals surface area contributed by atoms with E-state index in [1.165, 1.54) is 5.69 Å². The summed E-state index contributed by atoms with van der Waals surface area (Å²) in [6, 6.07) is 10.8. The normalized spacial score (nSPS) is 9.76. The zero-order valence-electron chi connectivity index (χ0n) is 11.7. The van der Waals surface area contributed by atoms with Crippen LogP contribution in [-0.4, -0.2) is 38.6 Å². The van der Waals surface area contributed by atoms with E-state index >= 15 is 0 Å². The van der Waals surface area contributed by atoms with Crippen molar-refractivity contribution in [3.05, 3.63) is 37.3 Å². The predicted octanol–water partition coefficient (Wildman–Crippen LogP) is 3.11. The third-order valence-electron chi connectivity index (χ3n) is 2.59. The second-order valence-electron chi connectivity index (χ2n) is 4.03. The van der Waals surface area contributed by atoms with E-state index in [0.717, 1.165) is 26.1 Å². The van der Waals surface area contributed by atoms with Crippen LogP contribution < -0.4 is 4.90 Å². The highest BCUT2D eigenvalue weighted by Gasteiger charge is 1.92. The van der Waals surface area contributed by atoms with Crippen LogP contribution in [0.25, 0.3) is 0 Å². The summed E-state index contributed by atoms with van der Waals surface area (Å²) in [6.07, 6.45) is 1.03. The van der Waals surface area contributed by atoms with Crippen LogP contribution in [0.1, 0.15) is 20.3 Å². The fourth-order valence-electron chi connectivity index (χ4n) is 1.44. The van der Waals surface area contributed by atoms with Crippen molar-refractivity contribution < 1.29 is 0 Å². The first-order valence-electron chi connectivity index (χ1n) is 6.30. The third-order valence-corrected chi connectivity index (χ3v) is 2.59. The molecule has 0 aliphatic carbocycles. The van der Waals surface area contributed by atoms with E-state index in [4.69, 9.17) is 0 Å². The van der Waals surface area contributed by atoms with E-state index in [0.29, 0.717) is 0 Å². The second kappa shape index (κ2) is 10.2. The van der Waals surface area contributed by atoms with Crippen LogP contribution in [0.4, 0.5) is 5.69 Å². The van der Waals surface area contributed by atoms with Crippen LogP contribution >= 0.6 is 0 Å². The first-order chi connectivity index (χ1) is 8.15. The molecule has 0 spiro atoms. The second-order valence-corrected chi connectivity index (χ2v) is 4.03. The minimum absolute atomic E-state index is 1.03. The molecule has 0 unspecified atom stereocenters. The average molecular weight is 234 g/mol. The Morgan fingerprint density at radius 3 is 1.88 bits per heavy atom. The van der Waals surface area contributed by atoms with Gasteiger partial charge in [0, 0.05) is 19.8 Å². The molecule has 0 atom stereocenters. The maximum Gasteiger partial charge on any atom is 0.0361 e. The Labute approximate surface area is 107 Å². The molecule has 96 valence electrons. The Hall–Kier alpha value is -1.02. The van der Waals surface area contributed by atoms with Gasteiger partial charge in [0.05, 0.1) is 0 Å². The molecule has 0 amide bonds. The fraction of sp³-hybridized carbons (Fsp3) is 0.533. The molecule has 0 saturated carbocycles. The van der Waals surface area contributed by atoms with Crippen molar-refractivity contribution >= 4 is 5.69 Å². The summed E-state index contributed by atoms with van der Waals surface area (Å²) in [5.41, 5.74) is 1.22. The lowest BCUT2D eigenvalue weighted by Gasteiger charge is -2.15. The summed E-state index contributed by atoms with van der Waals surface area (Å²) in [4.78, 5) is 4.43. The van der Waals surface area contributed by atoms with E-state index in [1.807, 2.05) is 38.4 Å². The average Bonchev–Trinajstić information content (AvgIpc) is 2.37. The van der Waals surface area contributed by atoms with Gasteiger partial charge in [0.15, 0.2) is 0 Å². The van der Waals surface area contributed by atoms with Crippen LogP contribution in [0.2, 0.25) is 0 Å². The van der Waals surface area contributed by atoms with Gasteiger partial charge in [-0.25, -0.2) is 0 Å². The van der Waals surface area contributed by atoms with Gasteiger partial charge in [0.2, 0.25) is 0 Å². The highest BCUT2D eigenvalue weighted by atomic mass is 15.1. The van der Waals surface area contributed by atoms with Crippen molar-refractivity contribution in [2.75, 3.05) is 38.6 Å². The van der Waals surface area contributed by atoms with Crippen LogP contribution in [0, 0.1) is 13.0 Å². The maximum absolute atomic E-state index is 3.78. The lowest BCUT2D eigenvalue weighted by molar-refractivity contribution is 0.309. The molecule has 0 saturated heterocycles. The van der Waals surface area contributed by atoms with Gasteiger partial charge in [-0.1, -0.05) is 32.9 Å². The predicted molar refractivity (Wildman–Crippen MR) is 77.4 cm³/mol. The van der Waals surface area contributed by atoms with Gasteiger partial charge in [-0.15, -0.1) is 0 Å². The number of hydrogen-bond donors (Lipinski definition) is 0. The molecule has 0 aliphatic rings. The van der Waals surface area contributed by atoms with Crippen LogP contribution in [0.15, 0.2) is 24.3 Å². The molecule has 0 N–H and O–H groups in total. The van der Waals surface area contributed by atoms with Crippen molar-refractivity contribution in [2.45, 2.75) is 20.3 Å². The Morgan fingerprint density at radius 1 is 1.12 bits per heavy atom. The SMILES string of the molecule is CN(C)c1cc[c]cc1.[CH2]CCN(CC)CC. The largest absolute Gasteiger partial charge is 0.378 e. The molecule has 1 aromatic rings. The van der Waals surface area contributed by atoms with Gasteiger partial charge in [0.25, 0.3) is 0 Å². The van der Waals surface area contributed by atoms with E-state index in [2.05, 4.69) is 36.6 Å². The van der Waals surface area contributed by atoms with E-state index in [1.54, 1.807) is 0 Å². The number of nitrogens with zero attached hydrogens (tertiary/aromatic N) is 2. The molecular formula is C15H26N2. The summed E-state index contributed by atoms with van der Waals surface area (Å²) in [5.74, 6) is 0. The Morgan fingerprint density at radius 2 is 1.65 bits per heavy atom. The monoisotopic (exact) mass is 234 g/mol. The van der Waals surface area contributed by atoms with Crippen molar-refractivity contribution in [2.24, 2.45) is 0 Å². The first-order valence-corrected chi connectivity index (χ1v) is 6.30. The van der Waals surface area contributed by atoms with Gasteiger partial charge in [0.1, 0.15) is 0 Å². The molecule has 2 radical (unpaired) electrons. The van der Waals surface area contributed by atoms with Crippen LogP contribution in [-0.2, 0) is 0 Å². The molecule has 2 nitrogen and oxygen atoms in total. The number of hydrogen-bond acceptors (Lipinski definition) is 2. The molecule has 0 heterocycles. The summed E-state index contributed by atoms with van der Waals surface area (Å²) in [7, 11) is 4.05. The van der Waals surface area contributed by atoms with Crippen molar-refractivity contribution in [3.63, 3.8) is 0 Å². The Bertz CT molecular complexity index is 253. The topological polar surface area (TPSA) is 6.48 Å². The highest BCUT2D eigenvalue weighted by Crippen LogP contribution is 2.06. The summed E-state index contributed by atoms with van der Waals surface area (Å²) in [6.45, 7) is 11.6. The quantitative estimate of drug-likeness (QED) is 0.772. The van der Waals surface area contributed by atoms with Crippen molar-refractivity contribution in [1.82, 2.24) is 4.90 Å². The zero-order chi connectivity index (χ0) is 13.1. The minimum atomic E-state index is 1.03. The lowest BCUT2D eigenvalue weighted by atomic mass is 10.3. The van der Waals surface area contributed by atoms with Crippen LogP contribution in [0.3, 0.4) is 0 Å². The summed E-state index contributed by atoms with van der Waals surface area (Å²) >= 11 is 0. The molecule has 2 heteroatoms. The Kier molecular flexibility index (Phi) is 9.55. The molecular weight excluding hydrogens is 208 g/mol. The molecule has 0 bridgehead atoms. The number of rotatable bonds is 5. The van der Waals surface area contributed by atoms with Crippen molar-refractivity contribution in [3.8, 4) is 0 Å². The third kappa shape index (κ3) is 7.81. The molecule has 0 aromatic heterocycles. The summed E-state index contributed by atoms with van der Waals surface area (Å²) in [5, 5.41) is 0. The number of benzene rings is 1. The lowest BCUT2D eigenvalue weighted by Crippen LogP contribution is -2.23. The van der Waals surface area contributed by atoms with Crippen LogP contribution in [0.5, 0.6) is 0 Å². The van der Waals surface area contributed by atoms with E-state index in [-0.39, 0.29) is 0 Å². The summed E-state index contributed by atoms with van der Waals surface area (Å²) < 4.78 is 0. The van der Waals surface area contributed by atoms with Gasteiger partial charge in [-0.3, -0.25) is 0 Å². The first kappa shape index (κ1) is 16.0. The van der Waals surface area contributed by atoms with Gasteiger partial charge in [-0.2, -0.15) is 0 Å². The standard InChI is InChI=1S/C8H10N.C7H16N/c1-9(2)8-6-4-3-5-7-8;1-4-7-8(5-2)6-3/h4-7H,1-2H3;1,4-7H2,2-3H3. The minimum Gasteiger partial charge on any atom is -0.378 e. The molecule has 1 aromatic carbocycles. The molecule has 17 heavy (non-hydrogen) atoms. The smallest absolute Gasteiger partial charge is 0.0361 e. The molecule has 1 rings (SSSR count). The van der Waals surface area contributed by atoms with Gasteiger partial charge < -0.3 is 9.80 Å². The zero-order valence-corrected chi connectivity index (χ0v) is 11.7. The van der Waals surface area contributed by atoms with Gasteiger partial charge in [-0.05, 0) is 44.3 Å². The number of anilines is 1. The van der Waals surface area contributed by atoms with Crippen molar-refractivity contribution in [1.29, 1.82) is 0 Å². The van der Waals surface area contributed by atoms with E-state index < -0.39 is 0 Å². The molecule has 0 fully saturated rings. The van der Waals surface area contributed by atoms with Gasteiger partial charge >= 0.3 is 0 Å². The highest BCUT2D eigenvalue weighted by molar-refractivity contribution is 5.43. The Balaban J connectivity index is 0.000000304.